The minimum atomic E-state index is -3.99. The van der Waals surface area contributed by atoms with Crippen LogP contribution in [0.2, 0.25) is 5.02 Å². The van der Waals surface area contributed by atoms with Crippen LogP contribution < -0.4 is 9.62 Å². The SMILES string of the molecule is CCC(NC(=O)CN(c1cccc(Cl)c1C)S(=O)(=O)c1ccccc1)c1ccc(C)cc1. The largest absolute Gasteiger partial charge is 0.348 e. The van der Waals surface area contributed by atoms with Gasteiger partial charge in [-0.1, -0.05) is 72.6 Å². The Kier molecular flexibility index (Phi) is 7.59. The van der Waals surface area contributed by atoms with Gasteiger partial charge in [0.1, 0.15) is 6.54 Å². The summed E-state index contributed by atoms with van der Waals surface area (Å²) in [5, 5.41) is 3.41. The maximum Gasteiger partial charge on any atom is 0.264 e. The lowest BCUT2D eigenvalue weighted by Crippen LogP contribution is -2.42. The van der Waals surface area contributed by atoms with Crippen molar-refractivity contribution in [2.24, 2.45) is 0 Å². The molecule has 3 aromatic carbocycles. The predicted molar refractivity (Wildman–Crippen MR) is 130 cm³/mol. The van der Waals surface area contributed by atoms with Gasteiger partial charge in [0.15, 0.2) is 0 Å². The van der Waals surface area contributed by atoms with Crippen molar-refractivity contribution in [3.8, 4) is 0 Å². The third-order valence-electron chi connectivity index (χ3n) is 5.35. The molecule has 0 bridgehead atoms. The molecule has 0 saturated heterocycles. The summed E-state index contributed by atoms with van der Waals surface area (Å²) in [5.74, 6) is -0.392. The van der Waals surface area contributed by atoms with Gasteiger partial charge >= 0.3 is 0 Å². The van der Waals surface area contributed by atoms with Crippen LogP contribution in [0.3, 0.4) is 0 Å². The van der Waals surface area contributed by atoms with E-state index in [0.717, 1.165) is 15.4 Å². The first-order valence-electron chi connectivity index (χ1n) is 10.4. The van der Waals surface area contributed by atoms with Gasteiger partial charge in [-0.3, -0.25) is 9.10 Å². The fraction of sp³-hybridized carbons (Fsp3) is 0.240. The third-order valence-corrected chi connectivity index (χ3v) is 7.53. The Bertz CT molecular complexity index is 1180. The smallest absolute Gasteiger partial charge is 0.264 e. The van der Waals surface area contributed by atoms with E-state index in [-0.39, 0.29) is 17.5 Å². The van der Waals surface area contributed by atoms with Gasteiger partial charge < -0.3 is 5.32 Å². The number of hydrogen-bond acceptors (Lipinski definition) is 3. The highest BCUT2D eigenvalue weighted by atomic mass is 35.5. The molecule has 0 aliphatic carbocycles. The summed E-state index contributed by atoms with van der Waals surface area (Å²) in [7, 11) is -3.99. The molecular weight excluding hydrogens is 444 g/mol. The molecule has 3 aromatic rings. The van der Waals surface area contributed by atoms with Crippen molar-refractivity contribution in [1.82, 2.24) is 5.32 Å². The quantitative estimate of drug-likeness (QED) is 0.478. The van der Waals surface area contributed by atoms with Crippen molar-refractivity contribution in [2.75, 3.05) is 10.8 Å². The second kappa shape index (κ2) is 10.2. The van der Waals surface area contributed by atoms with E-state index in [1.54, 1.807) is 43.3 Å². The first kappa shape index (κ1) is 23.8. The molecule has 0 aliphatic rings. The van der Waals surface area contributed by atoms with E-state index in [1.165, 1.54) is 12.1 Å². The van der Waals surface area contributed by atoms with Crippen molar-refractivity contribution in [1.29, 1.82) is 0 Å². The number of nitrogens with zero attached hydrogens (tertiary/aromatic N) is 1. The van der Waals surface area contributed by atoms with Crippen LogP contribution in [0.5, 0.6) is 0 Å². The molecular formula is C25H27ClN2O3S. The lowest BCUT2D eigenvalue weighted by Gasteiger charge is -2.27. The van der Waals surface area contributed by atoms with E-state index in [0.29, 0.717) is 22.7 Å². The lowest BCUT2D eigenvalue weighted by molar-refractivity contribution is -0.120. The molecule has 0 saturated carbocycles. The van der Waals surface area contributed by atoms with Crippen LogP contribution in [0, 0.1) is 13.8 Å². The van der Waals surface area contributed by atoms with Crippen molar-refractivity contribution in [3.63, 3.8) is 0 Å². The second-order valence-electron chi connectivity index (χ2n) is 7.65. The zero-order valence-electron chi connectivity index (χ0n) is 18.4. The van der Waals surface area contributed by atoms with Gasteiger partial charge in [0, 0.05) is 5.02 Å². The highest BCUT2D eigenvalue weighted by Crippen LogP contribution is 2.31. The number of sulfonamides is 1. The third kappa shape index (κ3) is 5.31. The van der Waals surface area contributed by atoms with Crippen molar-refractivity contribution < 1.29 is 13.2 Å². The normalized spacial score (nSPS) is 12.2. The first-order valence-corrected chi connectivity index (χ1v) is 12.2. The molecule has 1 atom stereocenters. The molecule has 1 N–H and O–H groups in total. The summed E-state index contributed by atoms with van der Waals surface area (Å²) in [6, 6.07) is 20.8. The molecule has 0 radical (unpaired) electrons. The Morgan fingerprint density at radius 1 is 0.969 bits per heavy atom. The molecule has 168 valence electrons. The van der Waals surface area contributed by atoms with Gasteiger partial charge in [-0.15, -0.1) is 0 Å². The number of carbonyl (C=O) groups excluding carboxylic acids is 1. The summed E-state index contributed by atoms with van der Waals surface area (Å²) in [5.41, 5.74) is 3.07. The molecule has 7 heteroatoms. The molecule has 1 amide bonds. The van der Waals surface area contributed by atoms with E-state index >= 15 is 0 Å². The number of carbonyl (C=O) groups is 1. The molecule has 0 aliphatic heterocycles. The predicted octanol–water partition coefficient (Wildman–Crippen LogP) is 5.42. The number of halogens is 1. The summed E-state index contributed by atoms with van der Waals surface area (Å²) in [6.45, 7) is 5.36. The monoisotopic (exact) mass is 470 g/mol. The molecule has 32 heavy (non-hydrogen) atoms. The molecule has 0 spiro atoms. The number of rotatable bonds is 8. The molecule has 3 rings (SSSR count). The van der Waals surface area contributed by atoms with Crippen LogP contribution in [-0.2, 0) is 14.8 Å². The minimum Gasteiger partial charge on any atom is -0.348 e. The number of nitrogens with one attached hydrogen (secondary N) is 1. The number of amides is 1. The van der Waals surface area contributed by atoms with Crippen LogP contribution in [0.4, 0.5) is 5.69 Å². The Balaban J connectivity index is 1.94. The number of hydrogen-bond donors (Lipinski definition) is 1. The van der Waals surface area contributed by atoms with Crippen LogP contribution in [0.1, 0.15) is 36.1 Å². The van der Waals surface area contributed by atoms with Crippen LogP contribution in [0.25, 0.3) is 0 Å². The van der Waals surface area contributed by atoms with Gasteiger partial charge in [-0.2, -0.15) is 0 Å². The van der Waals surface area contributed by atoms with Crippen LogP contribution in [0.15, 0.2) is 77.7 Å². The summed E-state index contributed by atoms with van der Waals surface area (Å²) < 4.78 is 28.1. The number of benzene rings is 3. The Morgan fingerprint density at radius 2 is 1.62 bits per heavy atom. The van der Waals surface area contributed by atoms with Gasteiger partial charge in [0.2, 0.25) is 5.91 Å². The van der Waals surface area contributed by atoms with Crippen molar-refractivity contribution in [2.45, 2.75) is 38.1 Å². The van der Waals surface area contributed by atoms with E-state index in [4.69, 9.17) is 11.6 Å². The van der Waals surface area contributed by atoms with Gasteiger partial charge in [-0.25, -0.2) is 8.42 Å². The van der Waals surface area contributed by atoms with Gasteiger partial charge in [0.25, 0.3) is 10.0 Å². The van der Waals surface area contributed by atoms with Gasteiger partial charge in [0.05, 0.1) is 16.6 Å². The maximum absolute atomic E-state index is 13.5. The second-order valence-corrected chi connectivity index (χ2v) is 9.92. The summed E-state index contributed by atoms with van der Waals surface area (Å²) in [4.78, 5) is 13.2. The maximum atomic E-state index is 13.5. The average molecular weight is 471 g/mol. The van der Waals surface area contributed by atoms with Gasteiger partial charge in [-0.05, 0) is 55.7 Å². The van der Waals surface area contributed by atoms with E-state index in [9.17, 15) is 13.2 Å². The minimum absolute atomic E-state index is 0.109. The fourth-order valence-corrected chi connectivity index (χ4v) is 5.14. The number of aryl methyl sites for hydroxylation is 1. The zero-order chi connectivity index (χ0) is 23.3. The molecule has 1 unspecified atom stereocenters. The van der Waals surface area contributed by atoms with Crippen molar-refractivity contribution >= 4 is 33.2 Å². The number of anilines is 1. The molecule has 0 fully saturated rings. The van der Waals surface area contributed by atoms with E-state index in [2.05, 4.69) is 5.32 Å². The van der Waals surface area contributed by atoms with E-state index < -0.39 is 15.9 Å². The van der Waals surface area contributed by atoms with Crippen molar-refractivity contribution in [3.05, 3.63) is 94.5 Å². The Morgan fingerprint density at radius 3 is 2.25 bits per heavy atom. The summed E-state index contributed by atoms with van der Waals surface area (Å²) >= 11 is 6.27. The molecule has 0 heterocycles. The summed E-state index contributed by atoms with van der Waals surface area (Å²) in [6.07, 6.45) is 0.677. The lowest BCUT2D eigenvalue weighted by atomic mass is 10.0. The van der Waals surface area contributed by atoms with E-state index in [1.807, 2.05) is 38.1 Å². The molecule has 5 nitrogen and oxygen atoms in total. The zero-order valence-corrected chi connectivity index (χ0v) is 20.0. The fourth-order valence-electron chi connectivity index (χ4n) is 3.48. The highest BCUT2D eigenvalue weighted by Gasteiger charge is 2.29. The van der Waals surface area contributed by atoms with Crippen LogP contribution in [-0.4, -0.2) is 20.9 Å². The standard InChI is InChI=1S/C25H27ClN2O3S/c1-4-23(20-15-13-18(2)14-16-20)27-25(29)17-28(24-12-8-11-22(26)19(24)3)32(30,31)21-9-6-5-7-10-21/h5-16,23H,4,17H2,1-3H3,(H,27,29). The molecule has 0 aromatic heterocycles. The van der Waals surface area contributed by atoms with Crippen LogP contribution >= 0.6 is 11.6 Å². The first-order chi connectivity index (χ1) is 15.2. The highest BCUT2D eigenvalue weighted by molar-refractivity contribution is 7.92. The Hall–Kier alpha value is -2.83. The topological polar surface area (TPSA) is 66.5 Å². The Labute approximate surface area is 195 Å². The average Bonchev–Trinajstić information content (AvgIpc) is 2.79.